The maximum absolute atomic E-state index is 8.88. The summed E-state index contributed by atoms with van der Waals surface area (Å²) in [5.41, 5.74) is 0. The Hall–Kier alpha value is 2.43. The van der Waals surface area contributed by atoms with Crippen LogP contribution in [0, 0.1) is 0 Å². The Labute approximate surface area is 101 Å². The van der Waals surface area contributed by atoms with Crippen molar-refractivity contribution in [3.8, 4) is 0 Å². The maximum Gasteiger partial charge on any atom is 4.00 e. The summed E-state index contributed by atoms with van der Waals surface area (Å²) >= 11 is 0. The van der Waals surface area contributed by atoms with E-state index in [0.29, 0.717) is 0 Å². The first-order valence-corrected chi connectivity index (χ1v) is 2.35. The van der Waals surface area contributed by atoms with E-state index in [1.165, 1.54) is 0 Å². The third-order valence-corrected chi connectivity index (χ3v) is 0. The summed E-state index contributed by atoms with van der Waals surface area (Å²) in [7, 11) is -4.64. The summed E-state index contributed by atoms with van der Waals surface area (Å²) in [6.45, 7) is 0. The van der Waals surface area contributed by atoms with Crippen molar-refractivity contribution >= 4 is 64.3 Å². The summed E-state index contributed by atoms with van der Waals surface area (Å²) in [6.07, 6.45) is 0. The van der Waals surface area contributed by atoms with Gasteiger partial charge in [0, 0.05) is 0 Å². The molecule has 8 heteroatoms. The van der Waals surface area contributed by atoms with Gasteiger partial charge in [-0.3, -0.25) is 0 Å². The van der Waals surface area contributed by atoms with Gasteiger partial charge >= 0.3 is 83.7 Å². The van der Waals surface area contributed by atoms with Crippen molar-refractivity contribution in [3.63, 3.8) is 0 Å². The van der Waals surface area contributed by atoms with Crippen molar-refractivity contribution in [1.82, 2.24) is 0 Å². The van der Waals surface area contributed by atoms with Crippen LogP contribution in [0.2, 0.25) is 0 Å². The molecule has 3 N–H and O–H groups in total. The largest absolute Gasteiger partial charge is 4.00 e. The number of phosphoric acid groups is 1. The van der Waals surface area contributed by atoms with Crippen LogP contribution >= 0.6 is 7.82 Å². The first-order valence-electron chi connectivity index (χ1n) is 0.783. The molecule has 0 saturated heterocycles. The first kappa shape index (κ1) is 22.4. The fourth-order valence-electron chi connectivity index (χ4n) is 0. The standard InChI is InChI=1S/H3O4P.Si.Sr.Zn/c1-5(2,3)4;;;/h(H3,1,2,3,4);;;/q;+4;2*+2. The fourth-order valence-corrected chi connectivity index (χ4v) is 0. The van der Waals surface area contributed by atoms with Crippen LogP contribution in [0.3, 0.4) is 0 Å². The molecule has 0 unspecified atom stereocenters. The summed E-state index contributed by atoms with van der Waals surface area (Å²) in [5.74, 6) is 0. The molecule has 0 aliphatic rings. The molecule has 0 aliphatic heterocycles. The van der Waals surface area contributed by atoms with Gasteiger partial charge in [-0.2, -0.15) is 0 Å². The summed E-state index contributed by atoms with van der Waals surface area (Å²) in [5, 5.41) is 0. The Balaban J connectivity index is -0.0000000267. The Morgan fingerprint density at radius 3 is 1.12 bits per heavy atom. The van der Waals surface area contributed by atoms with E-state index >= 15 is 0 Å². The van der Waals surface area contributed by atoms with Crippen molar-refractivity contribution in [2.24, 2.45) is 0 Å². The molecule has 0 bridgehead atoms. The monoisotopic (exact) mass is 278 g/mol. The van der Waals surface area contributed by atoms with Crippen LogP contribution in [0.4, 0.5) is 0 Å². The molecule has 0 rings (SSSR count). The maximum atomic E-state index is 8.88. The molecule has 0 aliphatic carbocycles. The SMILES string of the molecule is O=P(O)(O)O.[Si+4].[Sr+2].[Zn+2]. The molecule has 0 saturated carbocycles. The molecule has 0 fully saturated rings. The van der Waals surface area contributed by atoms with Gasteiger partial charge in [0.2, 0.25) is 0 Å². The molecule has 8 heavy (non-hydrogen) atoms. The van der Waals surface area contributed by atoms with Crippen LogP contribution in [-0.4, -0.2) is 71.1 Å². The molecule has 0 aromatic heterocycles. The second-order valence-corrected chi connectivity index (χ2v) is 1.54. The summed E-state index contributed by atoms with van der Waals surface area (Å²) in [6, 6.07) is 0. The number of rotatable bonds is 0. The van der Waals surface area contributed by atoms with Crippen LogP contribution < -0.4 is 0 Å². The predicted octanol–water partition coefficient (Wildman–Crippen LogP) is -1.69. The van der Waals surface area contributed by atoms with Crippen LogP contribution in [0.15, 0.2) is 0 Å². The third kappa shape index (κ3) is 78.8. The van der Waals surface area contributed by atoms with Crippen LogP contribution in [0.25, 0.3) is 0 Å². The van der Waals surface area contributed by atoms with E-state index in [9.17, 15) is 0 Å². The van der Waals surface area contributed by atoms with Gasteiger partial charge in [-0.15, -0.1) is 0 Å². The summed E-state index contributed by atoms with van der Waals surface area (Å²) in [4.78, 5) is 21.6. The topological polar surface area (TPSA) is 77.8 Å². The minimum atomic E-state index is -4.64. The van der Waals surface area contributed by atoms with Crippen molar-refractivity contribution in [2.75, 3.05) is 0 Å². The zero-order valence-electron chi connectivity index (χ0n) is 4.11. The predicted molar refractivity (Wildman–Crippen MR) is 25.8 cm³/mol. The van der Waals surface area contributed by atoms with E-state index in [1.54, 1.807) is 0 Å². The van der Waals surface area contributed by atoms with Gasteiger partial charge < -0.3 is 14.7 Å². The normalized spacial score (nSPS) is 7.38. The van der Waals surface area contributed by atoms with Crippen LogP contribution in [-0.2, 0) is 24.0 Å². The molecule has 0 heterocycles. The molecule has 0 radical (unpaired) electrons. The van der Waals surface area contributed by atoms with Crippen molar-refractivity contribution < 1.29 is 38.7 Å². The van der Waals surface area contributed by atoms with Crippen molar-refractivity contribution in [1.29, 1.82) is 0 Å². The molecular weight excluding hydrogens is 276 g/mol. The van der Waals surface area contributed by atoms with Gasteiger partial charge in [0.05, 0.1) is 0 Å². The second kappa shape index (κ2) is 9.43. The van der Waals surface area contributed by atoms with E-state index in [2.05, 4.69) is 0 Å². The van der Waals surface area contributed by atoms with Gasteiger partial charge in [-0.05, 0) is 0 Å². The molecule has 0 atom stereocenters. The Kier molecular flexibility index (Phi) is 26.4. The molecule has 32 valence electrons. The average Bonchev–Trinajstić information content (AvgIpc) is 0.722. The van der Waals surface area contributed by atoms with Gasteiger partial charge in [0.1, 0.15) is 0 Å². The van der Waals surface area contributed by atoms with E-state index in [4.69, 9.17) is 19.2 Å². The van der Waals surface area contributed by atoms with Gasteiger partial charge in [0.15, 0.2) is 0 Å². The molecule has 4 nitrogen and oxygen atoms in total. The molecule has 0 aromatic rings. The van der Waals surface area contributed by atoms with E-state index in [-0.39, 0.29) is 75.9 Å². The zero-order chi connectivity index (χ0) is 4.50. The van der Waals surface area contributed by atoms with E-state index in [1.807, 2.05) is 0 Å². The Bertz CT molecular complexity index is 62.2. The Morgan fingerprint density at radius 2 is 1.12 bits per heavy atom. The van der Waals surface area contributed by atoms with Gasteiger partial charge in [0.25, 0.3) is 0 Å². The number of hydrogen-bond acceptors (Lipinski definition) is 1. The van der Waals surface area contributed by atoms with Crippen molar-refractivity contribution in [3.05, 3.63) is 0 Å². The van der Waals surface area contributed by atoms with E-state index < -0.39 is 7.82 Å². The molecule has 0 amide bonds. The Morgan fingerprint density at radius 1 is 1.12 bits per heavy atom. The minimum Gasteiger partial charge on any atom is -0.303 e. The second-order valence-electron chi connectivity index (χ2n) is 0.513. The van der Waals surface area contributed by atoms with Crippen LogP contribution in [0.1, 0.15) is 0 Å². The quantitative estimate of drug-likeness (QED) is 0.365. The smallest absolute Gasteiger partial charge is 0.303 e. The first-order chi connectivity index (χ1) is 2.00. The van der Waals surface area contributed by atoms with Gasteiger partial charge in [-0.25, -0.2) is 4.57 Å². The zero-order valence-corrected chi connectivity index (χ0v) is 12.4. The number of hydrogen-bond donors (Lipinski definition) is 3. The molecule has 0 aromatic carbocycles. The molecule has 0 spiro atoms. The summed E-state index contributed by atoms with van der Waals surface area (Å²) < 4.78 is 8.88. The fraction of sp³-hybridized carbons (Fsp3) is 0. The van der Waals surface area contributed by atoms with Crippen molar-refractivity contribution in [2.45, 2.75) is 0 Å². The molecular formula is H3O4PSiSrZn+8. The average molecular weight is 279 g/mol. The third-order valence-electron chi connectivity index (χ3n) is 0. The minimum absolute atomic E-state index is 0. The van der Waals surface area contributed by atoms with E-state index in [0.717, 1.165) is 0 Å². The van der Waals surface area contributed by atoms with Gasteiger partial charge in [-0.1, -0.05) is 0 Å². The van der Waals surface area contributed by atoms with Crippen LogP contribution in [0.5, 0.6) is 0 Å².